The van der Waals surface area contributed by atoms with Crippen molar-refractivity contribution in [3.8, 4) is 17.6 Å². The Morgan fingerprint density at radius 3 is 2.61 bits per heavy atom. The average molecular weight is 447 g/mol. The second-order valence-corrected chi connectivity index (χ2v) is 6.75. The van der Waals surface area contributed by atoms with Crippen LogP contribution in [0.15, 0.2) is 72.3 Å². The molecule has 0 bridgehead atoms. The summed E-state index contributed by atoms with van der Waals surface area (Å²) in [5.41, 5.74) is 1.05. The Hall–Kier alpha value is -4.71. The number of nitrogens with zero attached hydrogens (tertiary/aromatic N) is 2. The number of carbonyl (C=O) groups excluding carboxylic acids is 1. The number of rotatable bonds is 8. The first-order valence-electron chi connectivity index (χ1n) is 9.62. The fraction of sp³-hybridized carbons (Fsp3) is 0.0833. The van der Waals surface area contributed by atoms with Crippen molar-refractivity contribution in [1.29, 1.82) is 5.26 Å². The van der Waals surface area contributed by atoms with Crippen LogP contribution in [0.25, 0.3) is 6.08 Å². The minimum absolute atomic E-state index is 0.0132. The van der Waals surface area contributed by atoms with Crippen LogP contribution in [0.1, 0.15) is 11.1 Å². The van der Waals surface area contributed by atoms with Crippen LogP contribution in [0.2, 0.25) is 0 Å². The summed E-state index contributed by atoms with van der Waals surface area (Å²) in [6, 6.07) is 17.8. The van der Waals surface area contributed by atoms with Gasteiger partial charge in [-0.1, -0.05) is 12.1 Å². The Morgan fingerprint density at radius 1 is 1.18 bits per heavy atom. The van der Waals surface area contributed by atoms with Crippen molar-refractivity contribution in [1.82, 2.24) is 0 Å². The Balaban J connectivity index is 1.85. The topological polar surface area (TPSA) is 114 Å². The highest BCUT2D eigenvalue weighted by atomic mass is 19.1. The molecule has 3 aromatic carbocycles. The molecular formula is C24H18FN3O5. The molecule has 8 nitrogen and oxygen atoms in total. The van der Waals surface area contributed by atoms with Gasteiger partial charge in [-0.2, -0.15) is 5.26 Å². The third kappa shape index (κ3) is 6.15. The van der Waals surface area contributed by atoms with Crippen LogP contribution in [-0.2, 0) is 11.4 Å². The quantitative estimate of drug-likeness (QED) is 0.228. The number of non-ortho nitro benzene ring substituents is 1. The second-order valence-electron chi connectivity index (χ2n) is 6.75. The number of halogens is 1. The summed E-state index contributed by atoms with van der Waals surface area (Å²) in [6.07, 6.45) is 1.35. The Bertz CT molecular complexity index is 1250. The summed E-state index contributed by atoms with van der Waals surface area (Å²) >= 11 is 0. The molecule has 0 atom stereocenters. The third-order valence-electron chi connectivity index (χ3n) is 4.50. The van der Waals surface area contributed by atoms with Gasteiger partial charge >= 0.3 is 0 Å². The zero-order valence-corrected chi connectivity index (χ0v) is 17.4. The number of benzene rings is 3. The van der Waals surface area contributed by atoms with E-state index in [4.69, 9.17) is 9.47 Å². The Morgan fingerprint density at radius 2 is 1.94 bits per heavy atom. The van der Waals surface area contributed by atoms with Crippen molar-refractivity contribution in [2.24, 2.45) is 0 Å². The van der Waals surface area contributed by atoms with E-state index in [0.717, 1.165) is 0 Å². The lowest BCUT2D eigenvalue weighted by Gasteiger charge is -2.12. The summed E-state index contributed by atoms with van der Waals surface area (Å²) < 4.78 is 24.1. The molecule has 0 radical (unpaired) electrons. The van der Waals surface area contributed by atoms with Gasteiger partial charge in [0, 0.05) is 29.4 Å². The van der Waals surface area contributed by atoms with Crippen molar-refractivity contribution in [3.05, 3.63) is 99.4 Å². The molecule has 0 saturated carbocycles. The number of nitro groups is 1. The van der Waals surface area contributed by atoms with E-state index in [0.29, 0.717) is 28.3 Å². The molecule has 166 valence electrons. The first-order valence-corrected chi connectivity index (χ1v) is 9.62. The summed E-state index contributed by atoms with van der Waals surface area (Å²) in [5, 5.41) is 23.0. The number of ether oxygens (including phenoxy) is 2. The maximum Gasteiger partial charge on any atom is 0.269 e. The van der Waals surface area contributed by atoms with Gasteiger partial charge in [0.05, 0.1) is 12.0 Å². The van der Waals surface area contributed by atoms with Crippen molar-refractivity contribution >= 4 is 23.4 Å². The molecule has 0 heterocycles. The van der Waals surface area contributed by atoms with Gasteiger partial charge in [-0.3, -0.25) is 14.9 Å². The monoisotopic (exact) mass is 447 g/mol. The van der Waals surface area contributed by atoms with Gasteiger partial charge in [-0.05, 0) is 48.0 Å². The highest BCUT2D eigenvalue weighted by Gasteiger charge is 2.13. The number of hydrogen-bond donors (Lipinski definition) is 1. The van der Waals surface area contributed by atoms with E-state index in [1.807, 2.05) is 6.07 Å². The number of carbonyl (C=O) groups is 1. The number of hydrogen-bond acceptors (Lipinski definition) is 6. The molecule has 0 spiro atoms. The van der Waals surface area contributed by atoms with E-state index in [-0.39, 0.29) is 17.9 Å². The van der Waals surface area contributed by atoms with Crippen LogP contribution in [0.4, 0.5) is 15.8 Å². The standard InChI is InChI=1S/C24H18FN3O5/c1-32-22-10-5-17(12-18(14-26)24(29)27-20-8-6-19(25)7-9-20)23(13-22)33-15-16-3-2-4-21(11-16)28(30)31/h2-13H,15H2,1H3,(H,27,29)/b18-12+. The van der Waals surface area contributed by atoms with Crippen LogP contribution >= 0.6 is 0 Å². The molecule has 1 amide bonds. The van der Waals surface area contributed by atoms with E-state index in [2.05, 4.69) is 5.32 Å². The van der Waals surface area contributed by atoms with Crippen molar-refractivity contribution in [2.45, 2.75) is 6.61 Å². The minimum atomic E-state index is -0.676. The molecule has 0 aliphatic rings. The van der Waals surface area contributed by atoms with Gasteiger partial charge in [0.15, 0.2) is 0 Å². The van der Waals surface area contributed by atoms with Gasteiger partial charge in [0.2, 0.25) is 0 Å². The third-order valence-corrected chi connectivity index (χ3v) is 4.50. The van der Waals surface area contributed by atoms with Gasteiger partial charge in [-0.15, -0.1) is 0 Å². The lowest BCUT2D eigenvalue weighted by atomic mass is 10.1. The van der Waals surface area contributed by atoms with Crippen molar-refractivity contribution in [3.63, 3.8) is 0 Å². The molecular weight excluding hydrogens is 429 g/mol. The van der Waals surface area contributed by atoms with E-state index in [1.165, 1.54) is 49.6 Å². The summed E-state index contributed by atoms with van der Waals surface area (Å²) in [4.78, 5) is 23.0. The van der Waals surface area contributed by atoms with Crippen LogP contribution in [0.3, 0.4) is 0 Å². The van der Waals surface area contributed by atoms with Gasteiger partial charge in [0.1, 0.15) is 35.6 Å². The normalized spacial score (nSPS) is 10.8. The second kappa shape index (κ2) is 10.5. The first-order chi connectivity index (χ1) is 15.9. The van der Waals surface area contributed by atoms with Gasteiger partial charge < -0.3 is 14.8 Å². The van der Waals surface area contributed by atoms with Gasteiger partial charge in [-0.25, -0.2) is 4.39 Å². The summed E-state index contributed by atoms with van der Waals surface area (Å²) in [5.74, 6) is -0.337. The lowest BCUT2D eigenvalue weighted by Crippen LogP contribution is -2.13. The van der Waals surface area contributed by atoms with E-state index in [1.54, 1.807) is 30.3 Å². The summed E-state index contributed by atoms with van der Waals surface area (Å²) in [6.45, 7) is 0.0132. The minimum Gasteiger partial charge on any atom is -0.497 e. The number of nitrogens with one attached hydrogen (secondary N) is 1. The van der Waals surface area contributed by atoms with Crippen LogP contribution in [-0.4, -0.2) is 17.9 Å². The largest absolute Gasteiger partial charge is 0.497 e. The van der Waals surface area contributed by atoms with Crippen LogP contribution in [0, 0.1) is 27.3 Å². The van der Waals surface area contributed by atoms with Crippen molar-refractivity contribution in [2.75, 3.05) is 12.4 Å². The highest BCUT2D eigenvalue weighted by Crippen LogP contribution is 2.28. The SMILES string of the molecule is COc1ccc(/C=C(\C#N)C(=O)Nc2ccc(F)cc2)c(OCc2cccc([N+](=O)[O-])c2)c1. The molecule has 1 N–H and O–H groups in total. The fourth-order valence-corrected chi connectivity index (χ4v) is 2.84. The predicted molar refractivity (Wildman–Crippen MR) is 119 cm³/mol. The number of amides is 1. The predicted octanol–water partition coefficient (Wildman–Crippen LogP) is 4.87. The smallest absolute Gasteiger partial charge is 0.269 e. The number of nitriles is 1. The Kier molecular flexibility index (Phi) is 7.34. The zero-order chi connectivity index (χ0) is 23.8. The average Bonchev–Trinajstić information content (AvgIpc) is 2.83. The van der Waals surface area contributed by atoms with E-state index in [9.17, 15) is 24.6 Å². The molecule has 33 heavy (non-hydrogen) atoms. The van der Waals surface area contributed by atoms with E-state index >= 15 is 0 Å². The molecule has 0 aliphatic heterocycles. The number of anilines is 1. The molecule has 0 fully saturated rings. The molecule has 0 aliphatic carbocycles. The molecule has 0 saturated heterocycles. The molecule has 0 unspecified atom stereocenters. The highest BCUT2D eigenvalue weighted by molar-refractivity contribution is 6.09. The zero-order valence-electron chi connectivity index (χ0n) is 17.4. The first kappa shape index (κ1) is 23.0. The molecule has 0 aromatic heterocycles. The van der Waals surface area contributed by atoms with Crippen LogP contribution < -0.4 is 14.8 Å². The maximum absolute atomic E-state index is 13.1. The Labute approximate surface area is 188 Å². The van der Waals surface area contributed by atoms with Gasteiger partial charge in [0.25, 0.3) is 11.6 Å². The lowest BCUT2D eigenvalue weighted by molar-refractivity contribution is -0.384. The van der Waals surface area contributed by atoms with E-state index < -0.39 is 16.6 Å². The fourth-order valence-electron chi connectivity index (χ4n) is 2.84. The molecule has 3 rings (SSSR count). The summed E-state index contributed by atoms with van der Waals surface area (Å²) in [7, 11) is 1.48. The number of nitro benzene ring substituents is 1. The van der Waals surface area contributed by atoms with Crippen LogP contribution in [0.5, 0.6) is 11.5 Å². The molecule has 3 aromatic rings. The maximum atomic E-state index is 13.1. The van der Waals surface area contributed by atoms with Crippen molar-refractivity contribution < 1.29 is 23.6 Å². The number of methoxy groups -OCH3 is 1. The molecule has 9 heteroatoms.